The average Bonchev–Trinajstić information content (AvgIpc) is 4.02. The zero-order valence-electron chi connectivity index (χ0n) is 33.9. The van der Waals surface area contributed by atoms with Crippen molar-refractivity contribution in [3.63, 3.8) is 0 Å². The van der Waals surface area contributed by atoms with Crippen molar-refractivity contribution in [1.82, 2.24) is 24.1 Å². The Bertz CT molecular complexity index is 3850. The summed E-state index contributed by atoms with van der Waals surface area (Å²) in [5.74, 6) is 1.83. The summed E-state index contributed by atoms with van der Waals surface area (Å²) in [6.07, 6.45) is 0. The van der Waals surface area contributed by atoms with Gasteiger partial charge in [-0.1, -0.05) is 140 Å². The van der Waals surface area contributed by atoms with E-state index in [2.05, 4.69) is 161 Å². The zero-order valence-corrected chi connectivity index (χ0v) is 33.9. The Kier molecular flexibility index (Phi) is 7.80. The summed E-state index contributed by atoms with van der Waals surface area (Å²) in [7, 11) is 0. The molecular formula is C57H35N5O. The SMILES string of the molecule is c1ccc(-c2nc(-c3ccccc3)nc(-c3ccc4c(c3)oc3cccc(-n5c6ccccc6c6cc(-c7ccc8c(c7)c7ccccc7n8-c7ccccc7)ccc65)c34)n2)cc1. The Hall–Kier alpha value is -8.61. The van der Waals surface area contributed by atoms with E-state index in [1.54, 1.807) is 0 Å². The number of hydrogen-bond acceptors (Lipinski definition) is 4. The predicted octanol–water partition coefficient (Wildman–Crippen LogP) is 14.6. The van der Waals surface area contributed by atoms with Gasteiger partial charge in [0.25, 0.3) is 0 Å². The molecule has 0 fully saturated rings. The topological polar surface area (TPSA) is 61.7 Å². The van der Waals surface area contributed by atoms with Crippen molar-refractivity contribution in [2.45, 2.75) is 0 Å². The fraction of sp³-hybridized carbons (Fsp3) is 0. The number of aromatic nitrogens is 5. The molecule has 294 valence electrons. The summed E-state index contributed by atoms with van der Waals surface area (Å²) in [5.41, 5.74) is 13.5. The van der Waals surface area contributed by atoms with Gasteiger partial charge in [0.1, 0.15) is 11.2 Å². The van der Waals surface area contributed by atoms with Crippen LogP contribution in [0.3, 0.4) is 0 Å². The van der Waals surface area contributed by atoms with Crippen molar-refractivity contribution < 1.29 is 4.42 Å². The van der Waals surface area contributed by atoms with Gasteiger partial charge in [-0.3, -0.25) is 0 Å². The minimum atomic E-state index is 0.588. The van der Waals surface area contributed by atoms with E-state index in [4.69, 9.17) is 19.4 Å². The summed E-state index contributed by atoms with van der Waals surface area (Å²) in [4.78, 5) is 14.9. The van der Waals surface area contributed by atoms with E-state index in [9.17, 15) is 0 Å². The van der Waals surface area contributed by atoms with Crippen LogP contribution < -0.4 is 0 Å². The highest BCUT2D eigenvalue weighted by Crippen LogP contribution is 2.42. The van der Waals surface area contributed by atoms with Crippen molar-refractivity contribution in [2.75, 3.05) is 0 Å². The van der Waals surface area contributed by atoms with Gasteiger partial charge in [-0.25, -0.2) is 15.0 Å². The Morgan fingerprint density at radius 2 is 0.794 bits per heavy atom. The summed E-state index contributed by atoms with van der Waals surface area (Å²) in [5, 5.41) is 6.94. The van der Waals surface area contributed by atoms with Gasteiger partial charge >= 0.3 is 0 Å². The molecule has 6 heteroatoms. The first kappa shape index (κ1) is 35.2. The van der Waals surface area contributed by atoms with E-state index in [0.717, 1.165) is 61.0 Å². The third-order valence-corrected chi connectivity index (χ3v) is 12.4. The normalized spacial score (nSPS) is 11.8. The quantitative estimate of drug-likeness (QED) is 0.168. The van der Waals surface area contributed by atoms with Crippen LogP contribution in [0.5, 0.6) is 0 Å². The maximum absolute atomic E-state index is 6.69. The monoisotopic (exact) mass is 805 g/mol. The van der Waals surface area contributed by atoms with E-state index >= 15 is 0 Å². The molecule has 0 aliphatic rings. The van der Waals surface area contributed by atoms with Crippen LogP contribution in [0.1, 0.15) is 0 Å². The van der Waals surface area contributed by atoms with Crippen molar-refractivity contribution in [1.29, 1.82) is 0 Å². The highest BCUT2D eigenvalue weighted by atomic mass is 16.3. The van der Waals surface area contributed by atoms with Gasteiger partial charge in [0.05, 0.1) is 33.1 Å². The number of rotatable bonds is 6. The number of fused-ring (bicyclic) bond motifs is 9. The molecule has 0 saturated carbocycles. The minimum Gasteiger partial charge on any atom is -0.456 e. The van der Waals surface area contributed by atoms with Crippen LogP contribution in [0.25, 0.3) is 122 Å². The van der Waals surface area contributed by atoms with Crippen LogP contribution in [0.4, 0.5) is 0 Å². The summed E-state index contributed by atoms with van der Waals surface area (Å²) >= 11 is 0. The summed E-state index contributed by atoms with van der Waals surface area (Å²) in [6.45, 7) is 0. The van der Waals surface area contributed by atoms with Gasteiger partial charge in [0.15, 0.2) is 17.5 Å². The lowest BCUT2D eigenvalue weighted by atomic mass is 10.0. The third-order valence-electron chi connectivity index (χ3n) is 12.4. The van der Waals surface area contributed by atoms with Gasteiger partial charge < -0.3 is 13.6 Å². The molecule has 4 aromatic heterocycles. The smallest absolute Gasteiger partial charge is 0.164 e. The molecule has 9 aromatic carbocycles. The Labute approximate surface area is 361 Å². The maximum atomic E-state index is 6.69. The van der Waals surface area contributed by atoms with Crippen LogP contribution in [-0.4, -0.2) is 24.1 Å². The highest BCUT2D eigenvalue weighted by Gasteiger charge is 2.20. The number of hydrogen-bond donors (Lipinski definition) is 0. The number of benzene rings is 9. The number of furan rings is 1. The van der Waals surface area contributed by atoms with Crippen LogP contribution in [0.2, 0.25) is 0 Å². The molecule has 0 bridgehead atoms. The van der Waals surface area contributed by atoms with E-state index in [1.165, 1.54) is 43.7 Å². The minimum absolute atomic E-state index is 0.588. The lowest BCUT2D eigenvalue weighted by Gasteiger charge is -2.10. The molecule has 0 radical (unpaired) electrons. The Balaban J connectivity index is 0.950. The molecule has 0 aliphatic heterocycles. The lowest BCUT2D eigenvalue weighted by molar-refractivity contribution is 0.669. The van der Waals surface area contributed by atoms with Crippen LogP contribution in [0.15, 0.2) is 217 Å². The van der Waals surface area contributed by atoms with Gasteiger partial charge in [0.2, 0.25) is 0 Å². The second-order valence-electron chi connectivity index (χ2n) is 16.0. The highest BCUT2D eigenvalue weighted by molar-refractivity contribution is 6.16. The molecule has 4 heterocycles. The second kappa shape index (κ2) is 14.0. The maximum Gasteiger partial charge on any atom is 0.164 e. The van der Waals surface area contributed by atoms with Gasteiger partial charge in [0, 0.05) is 49.3 Å². The van der Waals surface area contributed by atoms with Crippen molar-refractivity contribution >= 4 is 65.6 Å². The molecule has 13 rings (SSSR count). The molecular weight excluding hydrogens is 771 g/mol. The van der Waals surface area contributed by atoms with Gasteiger partial charge in [-0.05, 0) is 83.9 Å². The predicted molar refractivity (Wildman–Crippen MR) is 258 cm³/mol. The van der Waals surface area contributed by atoms with E-state index in [1.807, 2.05) is 60.7 Å². The standard InChI is InChI=1S/C57H35N5O/c1-4-15-36(16-5-1)55-58-56(37-17-6-2-7-18-37)60-57(59-55)40-27-30-44-53(35-40)63-52-26-14-25-51(54(44)52)62-48-24-13-11-22-43(48)46-34-39(29-32-50(46)62)38-28-31-49-45(33-38)42-21-10-12-23-47(42)61(49)41-19-8-3-9-20-41/h1-35H. The largest absolute Gasteiger partial charge is 0.456 e. The summed E-state index contributed by atoms with van der Waals surface area (Å²) < 4.78 is 11.4. The average molecular weight is 806 g/mol. The molecule has 0 atom stereocenters. The van der Waals surface area contributed by atoms with Gasteiger partial charge in [-0.2, -0.15) is 0 Å². The fourth-order valence-electron chi connectivity index (χ4n) is 9.49. The second-order valence-corrected chi connectivity index (χ2v) is 16.0. The molecule has 0 spiro atoms. The Morgan fingerprint density at radius 3 is 1.41 bits per heavy atom. The first-order chi connectivity index (χ1) is 31.2. The molecule has 63 heavy (non-hydrogen) atoms. The molecule has 0 aliphatic carbocycles. The lowest BCUT2D eigenvalue weighted by Crippen LogP contribution is -2.00. The van der Waals surface area contributed by atoms with E-state index < -0.39 is 0 Å². The van der Waals surface area contributed by atoms with Crippen molar-refractivity contribution in [3.8, 4) is 56.7 Å². The van der Waals surface area contributed by atoms with Crippen LogP contribution in [0, 0.1) is 0 Å². The molecule has 0 unspecified atom stereocenters. The molecule has 0 N–H and O–H groups in total. The van der Waals surface area contributed by atoms with E-state index in [-0.39, 0.29) is 0 Å². The molecule has 0 saturated heterocycles. The number of para-hydroxylation sites is 3. The van der Waals surface area contributed by atoms with E-state index in [0.29, 0.717) is 17.5 Å². The molecule has 13 aromatic rings. The van der Waals surface area contributed by atoms with Crippen LogP contribution >= 0.6 is 0 Å². The van der Waals surface area contributed by atoms with Gasteiger partial charge in [-0.15, -0.1) is 0 Å². The first-order valence-corrected chi connectivity index (χ1v) is 21.2. The number of nitrogens with zero attached hydrogens (tertiary/aromatic N) is 5. The molecule has 0 amide bonds. The Morgan fingerprint density at radius 1 is 0.302 bits per heavy atom. The zero-order chi connectivity index (χ0) is 41.4. The van der Waals surface area contributed by atoms with Crippen LogP contribution in [-0.2, 0) is 0 Å². The third kappa shape index (κ3) is 5.62. The fourth-order valence-corrected chi connectivity index (χ4v) is 9.49. The van der Waals surface area contributed by atoms with Crippen molar-refractivity contribution in [3.05, 3.63) is 212 Å². The van der Waals surface area contributed by atoms with Crippen molar-refractivity contribution in [2.24, 2.45) is 0 Å². The summed E-state index contributed by atoms with van der Waals surface area (Å²) in [6, 6.07) is 74.5. The molecule has 6 nitrogen and oxygen atoms in total. The first-order valence-electron chi connectivity index (χ1n) is 21.2.